The predicted molar refractivity (Wildman–Crippen MR) is 102 cm³/mol. The van der Waals surface area contributed by atoms with Gasteiger partial charge in [-0.25, -0.2) is 0 Å². The molecule has 0 spiro atoms. The summed E-state index contributed by atoms with van der Waals surface area (Å²) < 4.78 is 16.4. The van der Waals surface area contributed by atoms with Crippen molar-refractivity contribution >= 4 is 34.8 Å². The van der Waals surface area contributed by atoms with Crippen molar-refractivity contribution < 1.29 is 23.8 Å². The average Bonchev–Trinajstić information content (AvgIpc) is 2.87. The zero-order chi connectivity index (χ0) is 19.4. The molecule has 1 heterocycles. The van der Waals surface area contributed by atoms with E-state index >= 15 is 0 Å². The van der Waals surface area contributed by atoms with E-state index in [4.69, 9.17) is 25.8 Å². The molecule has 2 amide bonds. The fourth-order valence-electron chi connectivity index (χ4n) is 2.64. The number of rotatable bonds is 4. The van der Waals surface area contributed by atoms with Crippen LogP contribution in [-0.4, -0.2) is 32.1 Å². The Morgan fingerprint density at radius 3 is 2.63 bits per heavy atom. The maximum atomic E-state index is 12.6. The lowest BCUT2D eigenvalue weighted by atomic mass is 10.1. The molecule has 0 aliphatic carbocycles. The molecule has 2 aromatic carbocycles. The zero-order valence-corrected chi connectivity index (χ0v) is 15.7. The van der Waals surface area contributed by atoms with Gasteiger partial charge in [-0.1, -0.05) is 11.6 Å². The molecule has 27 heavy (non-hydrogen) atoms. The van der Waals surface area contributed by atoms with Crippen LogP contribution in [-0.2, 0) is 4.79 Å². The number of fused-ring (bicyclic) bond motifs is 1. The van der Waals surface area contributed by atoms with Gasteiger partial charge in [-0.2, -0.15) is 0 Å². The van der Waals surface area contributed by atoms with E-state index in [1.54, 1.807) is 24.3 Å². The average molecular weight is 391 g/mol. The summed E-state index contributed by atoms with van der Waals surface area (Å²) in [7, 11) is 1.50. The fourth-order valence-corrected chi connectivity index (χ4v) is 2.90. The van der Waals surface area contributed by atoms with Crippen LogP contribution >= 0.6 is 11.6 Å². The van der Waals surface area contributed by atoms with Gasteiger partial charge >= 0.3 is 0 Å². The molecule has 8 heteroatoms. The molecule has 0 aromatic heterocycles. The topological polar surface area (TPSA) is 85.9 Å². The lowest BCUT2D eigenvalue weighted by molar-refractivity contribution is -0.114. The standard InChI is InChI=1S/C19H19ClN2O5/c1-11(23)21-15-10-13(4-5-16(15)25-2)22-19(24)12-8-14(20)18-17(9-12)26-6-3-7-27-18/h4-5,8-10H,3,6-7H2,1-2H3,(H,21,23)(H,22,24). The molecule has 0 fully saturated rings. The van der Waals surface area contributed by atoms with Crippen molar-refractivity contribution in [1.82, 2.24) is 0 Å². The molecule has 7 nitrogen and oxygen atoms in total. The van der Waals surface area contributed by atoms with E-state index in [0.717, 1.165) is 6.42 Å². The van der Waals surface area contributed by atoms with Gasteiger partial charge in [0, 0.05) is 24.6 Å². The molecule has 0 saturated heterocycles. The Hall–Kier alpha value is -2.93. The van der Waals surface area contributed by atoms with E-state index in [9.17, 15) is 9.59 Å². The van der Waals surface area contributed by atoms with E-state index in [-0.39, 0.29) is 11.8 Å². The van der Waals surface area contributed by atoms with Crippen LogP contribution in [0.1, 0.15) is 23.7 Å². The van der Waals surface area contributed by atoms with Crippen LogP contribution in [0, 0.1) is 0 Å². The van der Waals surface area contributed by atoms with E-state index in [1.165, 1.54) is 20.1 Å². The third-order valence-electron chi connectivity index (χ3n) is 3.83. The van der Waals surface area contributed by atoms with Gasteiger partial charge in [0.15, 0.2) is 11.5 Å². The summed E-state index contributed by atoms with van der Waals surface area (Å²) in [6.07, 6.45) is 0.740. The maximum absolute atomic E-state index is 12.6. The summed E-state index contributed by atoms with van der Waals surface area (Å²) in [5.41, 5.74) is 1.29. The normalized spacial score (nSPS) is 12.7. The molecule has 142 valence electrons. The van der Waals surface area contributed by atoms with Crippen LogP contribution in [0.15, 0.2) is 30.3 Å². The maximum Gasteiger partial charge on any atom is 0.255 e. The first-order valence-electron chi connectivity index (χ1n) is 8.34. The zero-order valence-electron chi connectivity index (χ0n) is 14.9. The number of carbonyl (C=O) groups is 2. The number of halogens is 1. The van der Waals surface area contributed by atoms with Crippen LogP contribution in [0.5, 0.6) is 17.2 Å². The minimum absolute atomic E-state index is 0.244. The Bertz CT molecular complexity index is 885. The molecule has 2 aromatic rings. The van der Waals surface area contributed by atoms with Gasteiger partial charge in [0.25, 0.3) is 5.91 Å². The highest BCUT2D eigenvalue weighted by Gasteiger charge is 2.19. The first-order valence-corrected chi connectivity index (χ1v) is 8.72. The number of benzene rings is 2. The Labute approximate surface area is 161 Å². The Kier molecular flexibility index (Phi) is 5.71. The van der Waals surface area contributed by atoms with Crippen LogP contribution in [0.4, 0.5) is 11.4 Å². The number of carbonyl (C=O) groups excluding carboxylic acids is 2. The van der Waals surface area contributed by atoms with Crippen LogP contribution < -0.4 is 24.8 Å². The molecule has 3 rings (SSSR count). The second-order valence-electron chi connectivity index (χ2n) is 5.89. The van der Waals surface area contributed by atoms with Gasteiger partial charge in [-0.05, 0) is 30.3 Å². The van der Waals surface area contributed by atoms with Crippen LogP contribution in [0.3, 0.4) is 0 Å². The van der Waals surface area contributed by atoms with Crippen LogP contribution in [0.25, 0.3) is 0 Å². The van der Waals surface area contributed by atoms with Crippen molar-refractivity contribution in [2.24, 2.45) is 0 Å². The third kappa shape index (κ3) is 4.43. The van der Waals surface area contributed by atoms with Gasteiger partial charge in [-0.15, -0.1) is 0 Å². The Morgan fingerprint density at radius 2 is 1.89 bits per heavy atom. The molecule has 1 aliphatic rings. The fraction of sp³-hybridized carbons (Fsp3) is 0.263. The highest BCUT2D eigenvalue weighted by atomic mass is 35.5. The molecule has 0 atom stereocenters. The third-order valence-corrected chi connectivity index (χ3v) is 4.11. The molecule has 2 N–H and O–H groups in total. The highest BCUT2D eigenvalue weighted by molar-refractivity contribution is 6.32. The van der Waals surface area contributed by atoms with E-state index in [0.29, 0.717) is 52.4 Å². The number of hydrogen-bond donors (Lipinski definition) is 2. The number of hydrogen-bond acceptors (Lipinski definition) is 5. The second kappa shape index (κ2) is 8.18. The van der Waals surface area contributed by atoms with Gasteiger partial charge in [0.2, 0.25) is 5.91 Å². The Morgan fingerprint density at radius 1 is 1.11 bits per heavy atom. The monoisotopic (exact) mass is 390 g/mol. The first-order chi connectivity index (χ1) is 13.0. The number of methoxy groups -OCH3 is 1. The first kappa shape index (κ1) is 18.8. The SMILES string of the molecule is COc1ccc(NC(=O)c2cc(Cl)c3c(c2)OCCCO3)cc1NC(C)=O. The Balaban J connectivity index is 1.84. The van der Waals surface area contributed by atoms with Gasteiger partial charge in [0.05, 0.1) is 31.0 Å². The number of amides is 2. The van der Waals surface area contributed by atoms with Gasteiger partial charge in [0.1, 0.15) is 5.75 Å². The van der Waals surface area contributed by atoms with Crippen molar-refractivity contribution in [2.45, 2.75) is 13.3 Å². The molecular weight excluding hydrogens is 372 g/mol. The summed E-state index contributed by atoms with van der Waals surface area (Å²) in [6.45, 7) is 2.40. The minimum atomic E-state index is -0.369. The lowest BCUT2D eigenvalue weighted by Gasteiger charge is -2.13. The summed E-state index contributed by atoms with van der Waals surface area (Å²) in [5, 5.41) is 5.75. The van der Waals surface area contributed by atoms with Crippen molar-refractivity contribution in [3.05, 3.63) is 40.9 Å². The summed E-state index contributed by atoms with van der Waals surface area (Å²) in [6, 6.07) is 8.07. The molecule has 0 saturated carbocycles. The smallest absolute Gasteiger partial charge is 0.255 e. The molecule has 0 unspecified atom stereocenters. The number of anilines is 2. The molecular formula is C19H19ClN2O5. The minimum Gasteiger partial charge on any atom is -0.495 e. The lowest BCUT2D eigenvalue weighted by Crippen LogP contribution is -2.13. The van der Waals surface area contributed by atoms with Crippen LogP contribution in [0.2, 0.25) is 5.02 Å². The summed E-state index contributed by atoms with van der Waals surface area (Å²) >= 11 is 6.24. The van der Waals surface area contributed by atoms with Gasteiger partial charge in [-0.3, -0.25) is 9.59 Å². The largest absolute Gasteiger partial charge is 0.495 e. The van der Waals surface area contributed by atoms with E-state index < -0.39 is 0 Å². The summed E-state index contributed by atoms with van der Waals surface area (Å²) in [5.74, 6) is 0.765. The van der Waals surface area contributed by atoms with E-state index in [1.807, 2.05) is 0 Å². The van der Waals surface area contributed by atoms with E-state index in [2.05, 4.69) is 10.6 Å². The quantitative estimate of drug-likeness (QED) is 0.830. The van der Waals surface area contributed by atoms with Crippen molar-refractivity contribution in [3.63, 3.8) is 0 Å². The molecule has 0 radical (unpaired) electrons. The predicted octanol–water partition coefficient (Wildman–Crippen LogP) is 3.72. The summed E-state index contributed by atoms with van der Waals surface area (Å²) in [4.78, 5) is 24.0. The number of ether oxygens (including phenoxy) is 3. The van der Waals surface area contributed by atoms with Crippen molar-refractivity contribution in [1.29, 1.82) is 0 Å². The van der Waals surface area contributed by atoms with Crippen molar-refractivity contribution in [3.8, 4) is 17.2 Å². The van der Waals surface area contributed by atoms with Gasteiger partial charge < -0.3 is 24.8 Å². The molecule has 0 bridgehead atoms. The van der Waals surface area contributed by atoms with Crippen molar-refractivity contribution in [2.75, 3.05) is 31.0 Å². The molecule has 1 aliphatic heterocycles. The second-order valence-corrected chi connectivity index (χ2v) is 6.29. The highest BCUT2D eigenvalue weighted by Crippen LogP contribution is 2.38. The number of nitrogens with one attached hydrogen (secondary N) is 2.